The smallest absolute Gasteiger partial charge is 0.349 e. The summed E-state index contributed by atoms with van der Waals surface area (Å²) in [4.78, 5) is 16.8. The molecule has 0 saturated heterocycles. The van der Waals surface area contributed by atoms with Crippen molar-refractivity contribution in [1.82, 2.24) is 9.55 Å². The van der Waals surface area contributed by atoms with E-state index < -0.39 is 5.97 Å². The van der Waals surface area contributed by atoms with E-state index in [0.717, 1.165) is 32.9 Å². The van der Waals surface area contributed by atoms with Gasteiger partial charge in [0.15, 0.2) is 4.88 Å². The molecule has 4 aromatic rings. The van der Waals surface area contributed by atoms with Crippen molar-refractivity contribution >= 4 is 34.0 Å². The van der Waals surface area contributed by atoms with Gasteiger partial charge in [-0.2, -0.15) is 0 Å². The molecule has 7 nitrogen and oxygen atoms in total. The van der Waals surface area contributed by atoms with Gasteiger partial charge >= 0.3 is 5.97 Å². The summed E-state index contributed by atoms with van der Waals surface area (Å²) in [5.74, 6) is 0.335. The van der Waals surface area contributed by atoms with Gasteiger partial charge < -0.3 is 24.5 Å². The van der Waals surface area contributed by atoms with E-state index in [4.69, 9.17) is 9.47 Å². The molecule has 0 aliphatic carbocycles. The van der Waals surface area contributed by atoms with E-state index in [0.29, 0.717) is 42.5 Å². The zero-order valence-electron chi connectivity index (χ0n) is 18.5. The summed E-state index contributed by atoms with van der Waals surface area (Å²) >= 11 is 1.16. The number of rotatable bonds is 9. The summed E-state index contributed by atoms with van der Waals surface area (Å²) in [6.07, 6.45) is 1.67. The Balaban J connectivity index is 1.53. The molecule has 0 aliphatic rings. The lowest BCUT2D eigenvalue weighted by atomic mass is 10.2. The second-order valence-corrected chi connectivity index (χ2v) is 8.40. The zero-order chi connectivity index (χ0) is 23.5. The van der Waals surface area contributed by atoms with Gasteiger partial charge in [0, 0.05) is 35.2 Å². The van der Waals surface area contributed by atoms with E-state index in [1.54, 1.807) is 25.4 Å². The van der Waals surface area contributed by atoms with Crippen molar-refractivity contribution in [3.05, 3.63) is 59.0 Å². The number of aromatic nitrogens is 2. The van der Waals surface area contributed by atoms with Crippen LogP contribution in [0.1, 0.15) is 22.3 Å². The maximum atomic E-state index is 14.6. The molecular formula is C24H24FN3O4S. The number of carboxylic acids is 1. The van der Waals surface area contributed by atoms with Crippen LogP contribution in [-0.4, -0.2) is 40.9 Å². The van der Waals surface area contributed by atoms with Crippen LogP contribution >= 0.6 is 11.3 Å². The van der Waals surface area contributed by atoms with Crippen LogP contribution in [0.3, 0.4) is 0 Å². The summed E-state index contributed by atoms with van der Waals surface area (Å²) in [5, 5.41) is 13.4. The predicted octanol–water partition coefficient (Wildman–Crippen LogP) is 5.43. The van der Waals surface area contributed by atoms with Gasteiger partial charge in [0.1, 0.15) is 23.1 Å². The quantitative estimate of drug-likeness (QED) is 0.340. The second kappa shape index (κ2) is 9.50. The van der Waals surface area contributed by atoms with Crippen molar-refractivity contribution in [3.8, 4) is 21.9 Å². The number of halogens is 1. The first-order chi connectivity index (χ1) is 15.9. The van der Waals surface area contributed by atoms with Gasteiger partial charge in [0.25, 0.3) is 0 Å². The standard InChI is InChI=1S/C24H24FN3O4S/c1-4-32-19-13-20(33-23(19)24(29)30)15-7-8-26-21(12-15)27-9-10-28-14(2)11-16-18(31-3)6-5-17(25)22(16)28/h5-8,11-13H,4,9-10H2,1-3H3,(H,26,27)(H,29,30). The van der Waals surface area contributed by atoms with E-state index >= 15 is 0 Å². The Morgan fingerprint density at radius 2 is 2.06 bits per heavy atom. The van der Waals surface area contributed by atoms with Crippen LogP contribution in [0.2, 0.25) is 0 Å². The summed E-state index contributed by atoms with van der Waals surface area (Å²) in [6.45, 7) is 5.19. The lowest BCUT2D eigenvalue weighted by molar-refractivity contribution is 0.0698. The van der Waals surface area contributed by atoms with Crippen LogP contribution in [0.5, 0.6) is 11.5 Å². The minimum absolute atomic E-state index is 0.172. The van der Waals surface area contributed by atoms with Crippen LogP contribution < -0.4 is 14.8 Å². The Morgan fingerprint density at radius 1 is 1.24 bits per heavy atom. The number of carbonyl (C=O) groups is 1. The van der Waals surface area contributed by atoms with Crippen molar-refractivity contribution in [1.29, 1.82) is 0 Å². The molecule has 0 fully saturated rings. The number of ether oxygens (including phenoxy) is 2. The third-order valence-electron chi connectivity index (χ3n) is 5.27. The van der Waals surface area contributed by atoms with Crippen molar-refractivity contribution in [2.24, 2.45) is 0 Å². The van der Waals surface area contributed by atoms with Gasteiger partial charge in [-0.15, -0.1) is 11.3 Å². The molecule has 0 saturated carbocycles. The molecule has 0 spiro atoms. The fourth-order valence-electron chi connectivity index (χ4n) is 3.81. The number of hydrogen-bond acceptors (Lipinski definition) is 6. The molecule has 3 aromatic heterocycles. The summed E-state index contributed by atoms with van der Waals surface area (Å²) in [5.41, 5.74) is 2.28. The Bertz CT molecular complexity index is 1310. The van der Waals surface area contributed by atoms with Gasteiger partial charge in [0.05, 0.1) is 19.2 Å². The third kappa shape index (κ3) is 4.49. The first-order valence-electron chi connectivity index (χ1n) is 10.5. The Hall–Kier alpha value is -3.59. The van der Waals surface area contributed by atoms with E-state index in [9.17, 15) is 14.3 Å². The van der Waals surface area contributed by atoms with Crippen LogP contribution in [0, 0.1) is 12.7 Å². The SMILES string of the molecule is CCOc1cc(-c2ccnc(NCCn3c(C)cc4c(OC)ccc(F)c43)c2)sc1C(=O)O. The van der Waals surface area contributed by atoms with Crippen molar-refractivity contribution in [3.63, 3.8) is 0 Å². The van der Waals surface area contributed by atoms with E-state index in [1.807, 2.05) is 36.6 Å². The van der Waals surface area contributed by atoms with Gasteiger partial charge in [0.2, 0.25) is 0 Å². The largest absolute Gasteiger partial charge is 0.496 e. The Morgan fingerprint density at radius 3 is 2.79 bits per heavy atom. The number of anilines is 1. The average molecular weight is 470 g/mol. The van der Waals surface area contributed by atoms with E-state index in [1.165, 1.54) is 6.07 Å². The number of carboxylic acid groups (broad SMARTS) is 1. The average Bonchev–Trinajstić information content (AvgIpc) is 3.37. The molecule has 0 aliphatic heterocycles. The number of nitrogens with one attached hydrogen (secondary N) is 1. The van der Waals surface area contributed by atoms with Gasteiger partial charge in [-0.05, 0) is 55.8 Å². The minimum Gasteiger partial charge on any atom is -0.496 e. The predicted molar refractivity (Wildman–Crippen MR) is 127 cm³/mol. The monoisotopic (exact) mass is 469 g/mol. The highest BCUT2D eigenvalue weighted by Gasteiger charge is 2.18. The number of hydrogen-bond donors (Lipinski definition) is 2. The van der Waals surface area contributed by atoms with Crippen LogP contribution in [-0.2, 0) is 6.54 Å². The third-order valence-corrected chi connectivity index (χ3v) is 6.43. The fourth-order valence-corrected chi connectivity index (χ4v) is 4.75. The number of fused-ring (bicyclic) bond motifs is 1. The molecule has 3 heterocycles. The molecular weight excluding hydrogens is 445 g/mol. The first kappa shape index (κ1) is 22.6. The number of aromatic carboxylic acids is 1. The molecule has 33 heavy (non-hydrogen) atoms. The van der Waals surface area contributed by atoms with Crippen molar-refractivity contribution in [2.45, 2.75) is 20.4 Å². The van der Waals surface area contributed by atoms with Crippen LogP contribution in [0.15, 0.2) is 42.6 Å². The van der Waals surface area contributed by atoms with E-state index in [2.05, 4.69) is 10.3 Å². The summed E-state index contributed by atoms with van der Waals surface area (Å²) < 4.78 is 27.3. The number of methoxy groups -OCH3 is 1. The van der Waals surface area contributed by atoms with Crippen molar-refractivity contribution in [2.75, 3.05) is 25.6 Å². The zero-order valence-corrected chi connectivity index (χ0v) is 19.3. The molecule has 9 heteroatoms. The van der Waals surface area contributed by atoms with Crippen LogP contribution in [0.4, 0.5) is 10.2 Å². The van der Waals surface area contributed by atoms with Gasteiger partial charge in [-0.25, -0.2) is 14.2 Å². The lowest BCUT2D eigenvalue weighted by Gasteiger charge is -2.11. The molecule has 172 valence electrons. The summed E-state index contributed by atoms with van der Waals surface area (Å²) in [7, 11) is 1.57. The second-order valence-electron chi connectivity index (χ2n) is 7.35. The number of pyridine rings is 1. The Labute approximate surface area is 194 Å². The number of nitrogens with zero attached hydrogens (tertiary/aromatic N) is 2. The molecule has 0 unspecified atom stereocenters. The normalized spacial score (nSPS) is 11.0. The molecule has 2 N–H and O–H groups in total. The highest BCUT2D eigenvalue weighted by Crippen LogP contribution is 2.37. The number of thiophene rings is 1. The highest BCUT2D eigenvalue weighted by molar-refractivity contribution is 7.17. The van der Waals surface area contributed by atoms with Crippen LogP contribution in [0.25, 0.3) is 21.3 Å². The van der Waals surface area contributed by atoms with Gasteiger partial charge in [-0.3, -0.25) is 0 Å². The lowest BCUT2D eigenvalue weighted by Crippen LogP contribution is -2.12. The minimum atomic E-state index is -1.01. The molecule has 4 rings (SSSR count). The fraction of sp³-hybridized carbons (Fsp3) is 0.250. The number of aryl methyl sites for hydroxylation is 1. The molecule has 1 aromatic carbocycles. The molecule has 0 atom stereocenters. The van der Waals surface area contributed by atoms with E-state index in [-0.39, 0.29) is 10.7 Å². The topological polar surface area (TPSA) is 85.6 Å². The van der Waals surface area contributed by atoms with Gasteiger partial charge in [-0.1, -0.05) is 0 Å². The molecule has 0 bridgehead atoms. The summed E-state index contributed by atoms with van der Waals surface area (Å²) in [6, 6.07) is 10.4. The van der Waals surface area contributed by atoms with Crippen molar-refractivity contribution < 1.29 is 23.8 Å². The highest BCUT2D eigenvalue weighted by atomic mass is 32.1. The molecule has 0 radical (unpaired) electrons. The maximum absolute atomic E-state index is 14.6. The maximum Gasteiger partial charge on any atom is 0.349 e. The number of benzene rings is 1. The first-order valence-corrected chi connectivity index (χ1v) is 11.3. The Kier molecular flexibility index (Phi) is 6.50. The molecule has 0 amide bonds.